The van der Waals surface area contributed by atoms with Crippen LogP contribution in [0.4, 0.5) is 0 Å². The molecular weight excluding hydrogens is 272 g/mol. The van der Waals surface area contributed by atoms with Crippen LogP contribution in [0.25, 0.3) is 0 Å². The van der Waals surface area contributed by atoms with Crippen LogP contribution in [0, 0.1) is 0 Å². The van der Waals surface area contributed by atoms with Crippen molar-refractivity contribution in [2.75, 3.05) is 13.1 Å². The maximum absolute atomic E-state index is 12.0. The first-order valence-corrected chi connectivity index (χ1v) is 7.02. The Morgan fingerprint density at radius 2 is 1.86 bits per heavy atom. The highest BCUT2D eigenvalue weighted by atomic mass is 16.7. The summed E-state index contributed by atoms with van der Waals surface area (Å²) in [6.45, 7) is 1.25. The number of aliphatic carboxylic acids is 1. The van der Waals surface area contributed by atoms with Crippen LogP contribution in [0.5, 0.6) is 0 Å². The number of hydroxylamine groups is 2. The van der Waals surface area contributed by atoms with Gasteiger partial charge >= 0.3 is 5.97 Å². The fourth-order valence-corrected chi connectivity index (χ4v) is 1.73. The Bertz CT molecular complexity index is 437. The van der Waals surface area contributed by atoms with Crippen LogP contribution < -0.4 is 5.73 Å². The molecule has 6 nitrogen and oxygen atoms in total. The summed E-state index contributed by atoms with van der Waals surface area (Å²) in [6, 6.07) is 9.49. The SMILES string of the molecule is NCCCCN(OCc1ccccc1)C(=O)CCC(=O)O. The van der Waals surface area contributed by atoms with Crippen LogP contribution in [0.3, 0.4) is 0 Å². The zero-order valence-corrected chi connectivity index (χ0v) is 12.0. The van der Waals surface area contributed by atoms with Gasteiger partial charge in [0.05, 0.1) is 6.42 Å². The van der Waals surface area contributed by atoms with Gasteiger partial charge in [-0.2, -0.15) is 0 Å². The highest BCUT2D eigenvalue weighted by Crippen LogP contribution is 2.07. The third-order valence-corrected chi connectivity index (χ3v) is 2.88. The van der Waals surface area contributed by atoms with Gasteiger partial charge in [-0.15, -0.1) is 0 Å². The average Bonchev–Trinajstić information content (AvgIpc) is 2.49. The molecule has 3 N–H and O–H groups in total. The fourth-order valence-electron chi connectivity index (χ4n) is 1.73. The normalized spacial score (nSPS) is 10.3. The number of nitrogens with zero attached hydrogens (tertiary/aromatic N) is 1. The molecule has 1 aromatic carbocycles. The third kappa shape index (κ3) is 7.43. The molecule has 116 valence electrons. The smallest absolute Gasteiger partial charge is 0.303 e. The Hall–Kier alpha value is -1.92. The molecule has 0 spiro atoms. The van der Waals surface area contributed by atoms with Crippen molar-refractivity contribution in [2.45, 2.75) is 32.3 Å². The van der Waals surface area contributed by atoms with Crippen LogP contribution >= 0.6 is 0 Å². The van der Waals surface area contributed by atoms with E-state index in [4.69, 9.17) is 15.7 Å². The predicted octanol–water partition coefficient (Wildman–Crippen LogP) is 1.55. The monoisotopic (exact) mass is 294 g/mol. The summed E-state index contributed by atoms with van der Waals surface area (Å²) in [5.41, 5.74) is 6.38. The molecule has 0 aromatic heterocycles. The van der Waals surface area contributed by atoms with E-state index in [0.717, 1.165) is 18.4 Å². The zero-order valence-electron chi connectivity index (χ0n) is 12.0. The molecule has 0 radical (unpaired) electrons. The first kappa shape index (κ1) is 17.1. The van der Waals surface area contributed by atoms with Crippen LogP contribution in [0.1, 0.15) is 31.2 Å². The maximum Gasteiger partial charge on any atom is 0.303 e. The summed E-state index contributed by atoms with van der Waals surface area (Å²) >= 11 is 0. The Kier molecular flexibility index (Phi) is 8.08. The van der Waals surface area contributed by atoms with E-state index in [1.54, 1.807) is 0 Å². The van der Waals surface area contributed by atoms with Gasteiger partial charge in [-0.3, -0.25) is 14.4 Å². The number of carboxylic acid groups (broad SMARTS) is 1. The van der Waals surface area contributed by atoms with Gasteiger partial charge in [0.25, 0.3) is 0 Å². The topological polar surface area (TPSA) is 92.9 Å². The van der Waals surface area contributed by atoms with Crippen molar-refractivity contribution < 1.29 is 19.5 Å². The predicted molar refractivity (Wildman–Crippen MR) is 78.1 cm³/mol. The molecule has 6 heteroatoms. The zero-order chi connectivity index (χ0) is 15.5. The Balaban J connectivity index is 2.50. The molecule has 0 aliphatic heterocycles. The molecule has 0 unspecified atom stereocenters. The fraction of sp³-hybridized carbons (Fsp3) is 0.467. The summed E-state index contributed by atoms with van der Waals surface area (Å²) in [4.78, 5) is 28.0. The molecule has 0 atom stereocenters. The van der Waals surface area contributed by atoms with Gasteiger partial charge in [0.15, 0.2) is 0 Å². The molecular formula is C15H22N2O4. The number of carbonyl (C=O) groups is 2. The number of amides is 1. The van der Waals surface area contributed by atoms with Crippen LogP contribution in [0.2, 0.25) is 0 Å². The van der Waals surface area contributed by atoms with Gasteiger partial charge in [-0.1, -0.05) is 30.3 Å². The lowest BCUT2D eigenvalue weighted by Gasteiger charge is -2.21. The summed E-state index contributed by atoms with van der Waals surface area (Å²) in [5, 5.41) is 9.89. The second-order valence-corrected chi connectivity index (χ2v) is 4.64. The number of benzene rings is 1. The molecule has 0 saturated carbocycles. The van der Waals surface area contributed by atoms with Gasteiger partial charge in [0, 0.05) is 13.0 Å². The Labute approximate surface area is 124 Å². The van der Waals surface area contributed by atoms with E-state index < -0.39 is 5.97 Å². The van der Waals surface area contributed by atoms with Crippen molar-refractivity contribution in [2.24, 2.45) is 5.73 Å². The second-order valence-electron chi connectivity index (χ2n) is 4.64. The van der Waals surface area contributed by atoms with E-state index in [-0.39, 0.29) is 25.4 Å². The number of carbonyl (C=O) groups excluding carboxylic acids is 1. The van der Waals surface area contributed by atoms with Crippen molar-refractivity contribution in [3.05, 3.63) is 35.9 Å². The van der Waals surface area contributed by atoms with E-state index in [1.165, 1.54) is 5.06 Å². The number of nitrogens with two attached hydrogens (primary N) is 1. The summed E-state index contributed by atoms with van der Waals surface area (Å²) in [7, 11) is 0. The second kappa shape index (κ2) is 9.90. The summed E-state index contributed by atoms with van der Waals surface area (Å²) < 4.78 is 0. The Morgan fingerprint density at radius 3 is 2.48 bits per heavy atom. The number of hydrogen-bond acceptors (Lipinski definition) is 4. The molecule has 1 amide bonds. The third-order valence-electron chi connectivity index (χ3n) is 2.88. The highest BCUT2D eigenvalue weighted by Gasteiger charge is 2.15. The van der Waals surface area contributed by atoms with Crippen LogP contribution in [0.15, 0.2) is 30.3 Å². The standard InChI is InChI=1S/C15H22N2O4/c16-10-4-5-11-17(14(18)8-9-15(19)20)21-12-13-6-2-1-3-7-13/h1-3,6-7H,4-5,8-12,16H2,(H,19,20). The van der Waals surface area contributed by atoms with Crippen molar-refractivity contribution in [1.82, 2.24) is 5.06 Å². The van der Waals surface area contributed by atoms with Gasteiger partial charge < -0.3 is 10.8 Å². The minimum absolute atomic E-state index is 0.0627. The lowest BCUT2D eigenvalue weighted by atomic mass is 10.2. The van der Waals surface area contributed by atoms with E-state index in [1.807, 2.05) is 30.3 Å². The number of rotatable bonds is 10. The van der Waals surface area contributed by atoms with Crippen molar-refractivity contribution in [3.8, 4) is 0 Å². The van der Waals surface area contributed by atoms with Gasteiger partial charge in [-0.05, 0) is 24.9 Å². The molecule has 1 rings (SSSR count). The van der Waals surface area contributed by atoms with Crippen LogP contribution in [-0.2, 0) is 21.0 Å². The molecule has 0 fully saturated rings. The first-order valence-electron chi connectivity index (χ1n) is 7.02. The molecule has 0 bridgehead atoms. The highest BCUT2D eigenvalue weighted by molar-refractivity contribution is 5.79. The largest absolute Gasteiger partial charge is 0.481 e. The van der Waals surface area contributed by atoms with E-state index >= 15 is 0 Å². The minimum atomic E-state index is -0.992. The molecule has 0 heterocycles. The maximum atomic E-state index is 12.0. The number of unbranched alkanes of at least 4 members (excludes halogenated alkanes) is 1. The average molecular weight is 294 g/mol. The van der Waals surface area contributed by atoms with Crippen molar-refractivity contribution in [1.29, 1.82) is 0 Å². The van der Waals surface area contributed by atoms with E-state index in [2.05, 4.69) is 0 Å². The molecule has 1 aromatic rings. The van der Waals surface area contributed by atoms with E-state index in [9.17, 15) is 9.59 Å². The first-order chi connectivity index (χ1) is 10.1. The number of hydrogen-bond donors (Lipinski definition) is 2. The molecule has 21 heavy (non-hydrogen) atoms. The van der Waals surface area contributed by atoms with Crippen molar-refractivity contribution >= 4 is 11.9 Å². The Morgan fingerprint density at radius 1 is 1.14 bits per heavy atom. The summed E-state index contributed by atoms with van der Waals surface area (Å²) in [5.74, 6) is -1.31. The minimum Gasteiger partial charge on any atom is -0.481 e. The van der Waals surface area contributed by atoms with Gasteiger partial charge in [0.1, 0.15) is 6.61 Å². The van der Waals surface area contributed by atoms with E-state index in [0.29, 0.717) is 13.1 Å². The van der Waals surface area contributed by atoms with Gasteiger partial charge in [0.2, 0.25) is 5.91 Å². The molecule has 0 saturated heterocycles. The lowest BCUT2D eigenvalue weighted by Crippen LogP contribution is -2.32. The van der Waals surface area contributed by atoms with Crippen LogP contribution in [-0.4, -0.2) is 35.1 Å². The van der Waals surface area contributed by atoms with Crippen molar-refractivity contribution in [3.63, 3.8) is 0 Å². The number of carboxylic acids is 1. The van der Waals surface area contributed by atoms with Gasteiger partial charge in [-0.25, -0.2) is 5.06 Å². The summed E-state index contributed by atoms with van der Waals surface area (Å²) in [6.07, 6.45) is 1.26. The molecule has 0 aliphatic carbocycles. The quantitative estimate of drug-likeness (QED) is 0.504. The molecule has 0 aliphatic rings. The lowest BCUT2D eigenvalue weighted by molar-refractivity contribution is -0.192.